The molecule has 2 heteroatoms. The third-order valence-corrected chi connectivity index (χ3v) is 12.7. The lowest BCUT2D eigenvalue weighted by Gasteiger charge is -2.32. The molecule has 0 fully saturated rings. The van der Waals surface area contributed by atoms with Gasteiger partial charge < -0.3 is 0 Å². The van der Waals surface area contributed by atoms with Crippen molar-refractivity contribution in [2.75, 3.05) is 0 Å². The minimum Gasteiger partial charge on any atom is -0.0622 e. The van der Waals surface area contributed by atoms with Gasteiger partial charge in [0, 0.05) is 0 Å². The van der Waals surface area contributed by atoms with Gasteiger partial charge in [-0.1, -0.05) is 180 Å². The molecule has 0 aromatic heterocycles. The summed E-state index contributed by atoms with van der Waals surface area (Å²) >= 11 is 3.96. The topological polar surface area (TPSA) is 0 Å². The highest BCUT2D eigenvalue weighted by Crippen LogP contribution is 2.50. The first kappa shape index (κ1) is 25.4. The molecule has 39 heavy (non-hydrogen) atoms. The van der Waals surface area contributed by atoms with Gasteiger partial charge in [0.25, 0.3) is 0 Å². The molecule has 0 unspecified atom stereocenters. The van der Waals surface area contributed by atoms with E-state index in [2.05, 4.69) is 184 Å². The molecule has 0 atom stereocenters. The van der Waals surface area contributed by atoms with E-state index in [4.69, 9.17) is 0 Å². The fourth-order valence-electron chi connectivity index (χ4n) is 5.46. The van der Waals surface area contributed by atoms with Crippen LogP contribution in [0.3, 0.4) is 0 Å². The molecule has 0 aliphatic carbocycles. The second-order valence-corrected chi connectivity index (χ2v) is 13.9. The van der Waals surface area contributed by atoms with E-state index in [1.807, 2.05) is 0 Å². The van der Waals surface area contributed by atoms with E-state index in [1.54, 1.807) is 0 Å². The van der Waals surface area contributed by atoms with Crippen LogP contribution in [0.2, 0.25) is 0 Å². The van der Waals surface area contributed by atoms with Gasteiger partial charge in [-0.3, -0.25) is 0 Å². The Hall–Kier alpha value is -3.90. The maximum absolute atomic E-state index is 3.96. The molecule has 188 valence electrons. The van der Waals surface area contributed by atoms with Crippen molar-refractivity contribution >= 4 is 43.4 Å². The van der Waals surface area contributed by atoms with Gasteiger partial charge in [-0.2, -0.15) is 0 Å². The van der Waals surface area contributed by atoms with Crippen molar-refractivity contribution in [3.8, 4) is 33.4 Å². The van der Waals surface area contributed by atoms with Gasteiger partial charge in [-0.05, 0) is 60.9 Å². The van der Waals surface area contributed by atoms with Crippen LogP contribution in [0.25, 0.3) is 33.4 Å². The van der Waals surface area contributed by atoms with Gasteiger partial charge >= 0.3 is 0 Å². The SMILES string of the molecule is BrC=P(c1ccccc1)(c1ccccc1)c1ccc(-c2ccccc2)c(-c2ccccc2)c1-c1ccccc1. The quantitative estimate of drug-likeness (QED) is 0.172. The summed E-state index contributed by atoms with van der Waals surface area (Å²) in [5, 5.41) is 3.97. The maximum Gasteiger partial charge on any atom is -0.00159 e. The summed E-state index contributed by atoms with van der Waals surface area (Å²) in [7, 11) is 0. The lowest BCUT2D eigenvalue weighted by Crippen LogP contribution is -2.28. The molecule has 0 nitrogen and oxygen atoms in total. The zero-order valence-electron chi connectivity index (χ0n) is 21.5. The average molecular weight is 584 g/mol. The third kappa shape index (κ3) is 4.74. The van der Waals surface area contributed by atoms with Crippen LogP contribution in [0.1, 0.15) is 0 Å². The van der Waals surface area contributed by atoms with E-state index < -0.39 is 6.89 Å². The number of hydrogen-bond donors (Lipinski definition) is 0. The molecule has 6 aromatic carbocycles. The van der Waals surface area contributed by atoms with E-state index in [1.165, 1.54) is 49.3 Å². The van der Waals surface area contributed by atoms with Crippen LogP contribution < -0.4 is 15.9 Å². The molecular formula is C37H28BrP. The predicted molar refractivity (Wildman–Crippen MR) is 176 cm³/mol. The van der Waals surface area contributed by atoms with Crippen molar-refractivity contribution in [3.05, 3.63) is 164 Å². The van der Waals surface area contributed by atoms with Gasteiger partial charge in [-0.25, -0.2) is 0 Å². The number of rotatable bonds is 6. The van der Waals surface area contributed by atoms with Crippen LogP contribution in [0.4, 0.5) is 0 Å². The van der Waals surface area contributed by atoms with Crippen molar-refractivity contribution < 1.29 is 0 Å². The second-order valence-electron chi connectivity index (χ2n) is 9.47. The Morgan fingerprint density at radius 3 is 1.21 bits per heavy atom. The summed E-state index contributed by atoms with van der Waals surface area (Å²) in [6, 6.07) is 59.1. The highest BCUT2D eigenvalue weighted by Gasteiger charge is 2.30. The molecule has 0 saturated heterocycles. The highest BCUT2D eigenvalue weighted by atomic mass is 79.9. The first-order valence-corrected chi connectivity index (χ1v) is 15.9. The Bertz CT molecular complexity index is 1680. The molecule has 0 aliphatic heterocycles. The summed E-state index contributed by atoms with van der Waals surface area (Å²) in [5.74, 6) is 0. The molecule has 6 aromatic rings. The van der Waals surface area contributed by atoms with Crippen LogP contribution in [0.15, 0.2) is 164 Å². The number of hydrogen-bond acceptors (Lipinski definition) is 0. The van der Waals surface area contributed by atoms with E-state index >= 15 is 0 Å². The summed E-state index contributed by atoms with van der Waals surface area (Å²) in [6.07, 6.45) is 0. The molecular weight excluding hydrogens is 555 g/mol. The molecule has 0 spiro atoms. The number of halogens is 1. The summed E-state index contributed by atoms with van der Waals surface area (Å²) in [4.78, 5) is 0. The Kier molecular flexibility index (Phi) is 7.46. The van der Waals surface area contributed by atoms with Crippen molar-refractivity contribution in [2.24, 2.45) is 0 Å². The van der Waals surface area contributed by atoms with Gasteiger partial charge in [0.2, 0.25) is 0 Å². The van der Waals surface area contributed by atoms with Crippen molar-refractivity contribution in [2.45, 2.75) is 0 Å². The minimum absolute atomic E-state index is 1.21. The van der Waals surface area contributed by atoms with Gasteiger partial charge in [0.05, 0.1) is 0 Å². The molecule has 0 amide bonds. The van der Waals surface area contributed by atoms with E-state index in [9.17, 15) is 0 Å². The van der Waals surface area contributed by atoms with E-state index in [0.29, 0.717) is 0 Å². The highest BCUT2D eigenvalue weighted by molar-refractivity contribution is 9.19. The van der Waals surface area contributed by atoms with E-state index in [0.717, 1.165) is 0 Å². The summed E-state index contributed by atoms with van der Waals surface area (Å²) < 4.78 is 2.30. The van der Waals surface area contributed by atoms with Crippen molar-refractivity contribution in [1.82, 2.24) is 0 Å². The molecule has 0 heterocycles. The van der Waals surface area contributed by atoms with Crippen LogP contribution in [-0.4, -0.2) is 4.71 Å². The Labute approximate surface area is 239 Å². The lowest BCUT2D eigenvalue weighted by molar-refractivity contribution is 1.57. The molecule has 6 rings (SSSR count). The largest absolute Gasteiger partial charge is 0.0622 e. The van der Waals surface area contributed by atoms with Crippen molar-refractivity contribution in [3.63, 3.8) is 0 Å². The zero-order valence-corrected chi connectivity index (χ0v) is 24.0. The Morgan fingerprint density at radius 1 is 0.385 bits per heavy atom. The fourth-order valence-corrected chi connectivity index (χ4v) is 10.9. The molecule has 0 aliphatic rings. The Morgan fingerprint density at radius 2 is 0.769 bits per heavy atom. The third-order valence-electron chi connectivity index (χ3n) is 7.25. The summed E-state index contributed by atoms with van der Waals surface area (Å²) in [5.41, 5.74) is 7.42. The molecule has 0 saturated carbocycles. The van der Waals surface area contributed by atoms with Gasteiger partial charge in [0.15, 0.2) is 0 Å². The minimum atomic E-state index is -2.20. The monoisotopic (exact) mass is 582 g/mol. The normalized spacial score (nSPS) is 11.2. The number of benzene rings is 6. The zero-order chi connectivity index (χ0) is 26.5. The van der Waals surface area contributed by atoms with Crippen LogP contribution in [0.5, 0.6) is 0 Å². The lowest BCUT2D eigenvalue weighted by atomic mass is 9.87. The molecule has 0 radical (unpaired) electrons. The predicted octanol–water partition coefficient (Wildman–Crippen LogP) is 9.14. The van der Waals surface area contributed by atoms with Crippen molar-refractivity contribution in [1.29, 1.82) is 0 Å². The maximum atomic E-state index is 3.96. The average Bonchev–Trinajstić information content (AvgIpc) is 3.04. The van der Waals surface area contributed by atoms with Gasteiger partial charge in [0.1, 0.15) is 0 Å². The van der Waals surface area contributed by atoms with E-state index in [-0.39, 0.29) is 0 Å². The second kappa shape index (κ2) is 11.5. The van der Waals surface area contributed by atoms with Crippen LogP contribution >= 0.6 is 22.8 Å². The molecule has 0 bridgehead atoms. The Balaban J connectivity index is 1.82. The summed E-state index contributed by atoms with van der Waals surface area (Å²) in [6.45, 7) is -2.20. The van der Waals surface area contributed by atoms with Gasteiger partial charge in [-0.15, -0.1) is 0 Å². The first-order valence-electron chi connectivity index (χ1n) is 13.1. The fraction of sp³-hybridized carbons (Fsp3) is 0. The first-order chi connectivity index (χ1) is 19.3. The van der Waals surface area contributed by atoms with Crippen LogP contribution in [0, 0.1) is 0 Å². The van der Waals surface area contributed by atoms with Crippen LogP contribution in [-0.2, 0) is 0 Å². The molecule has 0 N–H and O–H groups in total. The standard InChI is InChI=1S/C37H28BrP/c38-28-39(32-22-12-4-13-23-32,33-24-14-5-15-25-33)35-27-26-34(29-16-6-1-7-17-29)36(30-18-8-2-9-19-30)37(35)31-20-10-3-11-21-31/h1-28H. The smallest absolute Gasteiger partial charge is 0.00159 e.